The molecule has 0 aliphatic carbocycles. The number of halogens is 1. The number of fused-ring (bicyclic) bond motifs is 1. The molecular weight excluding hydrogens is 271 g/mol. The van der Waals surface area contributed by atoms with E-state index in [9.17, 15) is 4.39 Å². The van der Waals surface area contributed by atoms with Gasteiger partial charge < -0.3 is 14.7 Å². The van der Waals surface area contributed by atoms with Crippen molar-refractivity contribution < 1.29 is 14.2 Å². The molecule has 0 unspecified atom stereocenters. The lowest BCUT2D eigenvalue weighted by molar-refractivity contribution is 0.0159. The SMILES string of the molecule is OCCOC1CCN(c2ccc(F)c3cccnc23)CC1. The van der Waals surface area contributed by atoms with Crippen molar-refractivity contribution in [3.8, 4) is 0 Å². The van der Waals surface area contributed by atoms with Crippen molar-refractivity contribution in [2.75, 3.05) is 31.2 Å². The molecule has 0 spiro atoms. The van der Waals surface area contributed by atoms with Crippen LogP contribution in [0.2, 0.25) is 0 Å². The minimum absolute atomic E-state index is 0.0622. The predicted octanol–water partition coefficient (Wildman–Crippen LogP) is 2.35. The Morgan fingerprint density at radius 2 is 2.10 bits per heavy atom. The molecule has 2 aromatic rings. The van der Waals surface area contributed by atoms with Gasteiger partial charge in [-0.05, 0) is 37.1 Å². The average Bonchev–Trinajstić information content (AvgIpc) is 2.54. The van der Waals surface area contributed by atoms with Crippen molar-refractivity contribution in [3.63, 3.8) is 0 Å². The molecule has 1 aromatic carbocycles. The topological polar surface area (TPSA) is 45.6 Å². The first kappa shape index (κ1) is 14.2. The van der Waals surface area contributed by atoms with Gasteiger partial charge in [-0.15, -0.1) is 0 Å². The molecule has 0 bridgehead atoms. The van der Waals surface area contributed by atoms with E-state index in [4.69, 9.17) is 9.84 Å². The summed E-state index contributed by atoms with van der Waals surface area (Å²) in [6.07, 6.45) is 3.72. The van der Waals surface area contributed by atoms with Gasteiger partial charge in [-0.25, -0.2) is 4.39 Å². The number of aromatic nitrogens is 1. The van der Waals surface area contributed by atoms with E-state index in [1.807, 2.05) is 0 Å². The zero-order valence-electron chi connectivity index (χ0n) is 11.8. The summed E-state index contributed by atoms with van der Waals surface area (Å²) in [5, 5.41) is 9.36. The van der Waals surface area contributed by atoms with Gasteiger partial charge >= 0.3 is 0 Å². The number of aliphatic hydroxyl groups excluding tert-OH is 1. The fourth-order valence-corrected chi connectivity index (χ4v) is 2.86. The summed E-state index contributed by atoms with van der Waals surface area (Å²) in [4.78, 5) is 6.57. The van der Waals surface area contributed by atoms with Crippen LogP contribution in [0, 0.1) is 5.82 Å². The van der Waals surface area contributed by atoms with Crippen molar-refractivity contribution in [1.29, 1.82) is 0 Å². The maximum atomic E-state index is 13.8. The smallest absolute Gasteiger partial charge is 0.132 e. The van der Waals surface area contributed by atoms with E-state index in [0.717, 1.165) is 31.6 Å². The Hall–Kier alpha value is -1.72. The van der Waals surface area contributed by atoms with Gasteiger partial charge in [0.05, 0.1) is 30.5 Å². The molecule has 1 saturated heterocycles. The molecule has 1 fully saturated rings. The molecule has 4 nitrogen and oxygen atoms in total. The van der Waals surface area contributed by atoms with Gasteiger partial charge in [-0.2, -0.15) is 0 Å². The average molecular weight is 290 g/mol. The molecule has 112 valence electrons. The number of rotatable bonds is 4. The zero-order chi connectivity index (χ0) is 14.7. The molecule has 1 aliphatic rings. The van der Waals surface area contributed by atoms with Crippen molar-refractivity contribution in [2.24, 2.45) is 0 Å². The summed E-state index contributed by atoms with van der Waals surface area (Å²) >= 11 is 0. The summed E-state index contributed by atoms with van der Waals surface area (Å²) in [6.45, 7) is 2.17. The highest BCUT2D eigenvalue weighted by Crippen LogP contribution is 2.29. The number of pyridine rings is 1. The van der Waals surface area contributed by atoms with Crippen molar-refractivity contribution in [3.05, 3.63) is 36.3 Å². The lowest BCUT2D eigenvalue weighted by Crippen LogP contribution is -2.37. The molecule has 1 aromatic heterocycles. The predicted molar refractivity (Wildman–Crippen MR) is 80.0 cm³/mol. The highest BCUT2D eigenvalue weighted by atomic mass is 19.1. The van der Waals surface area contributed by atoms with Crippen LogP contribution in [0.3, 0.4) is 0 Å². The van der Waals surface area contributed by atoms with Gasteiger partial charge in [0.2, 0.25) is 0 Å². The third-order valence-electron chi connectivity index (χ3n) is 3.92. The van der Waals surface area contributed by atoms with E-state index in [0.29, 0.717) is 17.5 Å². The number of aliphatic hydroxyl groups is 1. The number of nitrogens with zero attached hydrogens (tertiary/aromatic N) is 2. The molecule has 1 N–H and O–H groups in total. The molecule has 0 radical (unpaired) electrons. The second-order valence-corrected chi connectivity index (χ2v) is 5.25. The molecule has 5 heteroatoms. The second kappa shape index (κ2) is 6.37. The highest BCUT2D eigenvalue weighted by Gasteiger charge is 2.21. The van der Waals surface area contributed by atoms with Gasteiger partial charge in [-0.3, -0.25) is 4.98 Å². The maximum absolute atomic E-state index is 13.8. The third kappa shape index (κ3) is 2.99. The number of hydrogen-bond acceptors (Lipinski definition) is 4. The molecule has 0 amide bonds. The quantitative estimate of drug-likeness (QED) is 0.939. The Kier molecular flexibility index (Phi) is 4.31. The summed E-state index contributed by atoms with van der Waals surface area (Å²) in [6, 6.07) is 6.83. The van der Waals surface area contributed by atoms with E-state index in [1.54, 1.807) is 24.4 Å². The number of anilines is 1. The van der Waals surface area contributed by atoms with Crippen molar-refractivity contribution in [2.45, 2.75) is 18.9 Å². The largest absolute Gasteiger partial charge is 0.394 e. The normalized spacial score (nSPS) is 16.6. The first-order chi connectivity index (χ1) is 10.3. The van der Waals surface area contributed by atoms with Gasteiger partial charge in [0.1, 0.15) is 5.82 Å². The van der Waals surface area contributed by atoms with E-state index in [2.05, 4.69) is 9.88 Å². The number of benzene rings is 1. The van der Waals surface area contributed by atoms with Gasteiger partial charge in [0, 0.05) is 24.7 Å². The monoisotopic (exact) mass is 290 g/mol. The Morgan fingerprint density at radius 3 is 2.86 bits per heavy atom. The summed E-state index contributed by atoms with van der Waals surface area (Å²) in [5.74, 6) is -0.233. The summed E-state index contributed by atoms with van der Waals surface area (Å²) in [7, 11) is 0. The summed E-state index contributed by atoms with van der Waals surface area (Å²) in [5.41, 5.74) is 1.69. The number of piperidine rings is 1. The van der Waals surface area contributed by atoms with Crippen LogP contribution < -0.4 is 4.90 Å². The van der Waals surface area contributed by atoms with Gasteiger partial charge in [0.25, 0.3) is 0 Å². The van der Waals surface area contributed by atoms with Crippen LogP contribution >= 0.6 is 0 Å². The van der Waals surface area contributed by atoms with E-state index in [-0.39, 0.29) is 18.5 Å². The van der Waals surface area contributed by atoms with Crippen LogP contribution in [0.4, 0.5) is 10.1 Å². The Balaban J connectivity index is 1.78. The van der Waals surface area contributed by atoms with E-state index < -0.39 is 0 Å². The standard InChI is InChI=1S/C16H19FN2O2/c17-14-3-4-15(16-13(14)2-1-7-18-16)19-8-5-12(6-9-19)21-11-10-20/h1-4,7,12,20H,5-6,8-11H2. The first-order valence-electron chi connectivity index (χ1n) is 7.30. The Labute approximate surface area is 123 Å². The maximum Gasteiger partial charge on any atom is 0.132 e. The minimum atomic E-state index is -0.233. The van der Waals surface area contributed by atoms with Crippen LogP contribution in [-0.4, -0.2) is 42.5 Å². The fraction of sp³-hybridized carbons (Fsp3) is 0.438. The molecular formula is C16H19FN2O2. The lowest BCUT2D eigenvalue weighted by atomic mass is 10.1. The molecule has 0 saturated carbocycles. The fourth-order valence-electron chi connectivity index (χ4n) is 2.86. The highest BCUT2D eigenvalue weighted by molar-refractivity contribution is 5.91. The molecule has 21 heavy (non-hydrogen) atoms. The van der Waals surface area contributed by atoms with Crippen LogP contribution in [0.1, 0.15) is 12.8 Å². The number of hydrogen-bond donors (Lipinski definition) is 1. The third-order valence-corrected chi connectivity index (χ3v) is 3.92. The van der Waals surface area contributed by atoms with Gasteiger partial charge in [-0.1, -0.05) is 0 Å². The molecule has 0 atom stereocenters. The Bertz CT molecular complexity index is 612. The molecule has 2 heterocycles. The van der Waals surface area contributed by atoms with Gasteiger partial charge in [0.15, 0.2) is 0 Å². The van der Waals surface area contributed by atoms with Crippen LogP contribution in [0.25, 0.3) is 10.9 Å². The lowest BCUT2D eigenvalue weighted by Gasteiger charge is -2.33. The second-order valence-electron chi connectivity index (χ2n) is 5.25. The minimum Gasteiger partial charge on any atom is -0.394 e. The van der Waals surface area contributed by atoms with Crippen molar-refractivity contribution >= 4 is 16.6 Å². The van der Waals surface area contributed by atoms with Crippen LogP contribution in [0.5, 0.6) is 0 Å². The Morgan fingerprint density at radius 1 is 1.29 bits per heavy atom. The molecule has 1 aliphatic heterocycles. The van der Waals surface area contributed by atoms with Crippen LogP contribution in [0.15, 0.2) is 30.5 Å². The van der Waals surface area contributed by atoms with Crippen molar-refractivity contribution in [1.82, 2.24) is 4.98 Å². The van der Waals surface area contributed by atoms with Crippen LogP contribution in [-0.2, 0) is 4.74 Å². The van der Waals surface area contributed by atoms with E-state index in [1.165, 1.54) is 6.07 Å². The summed E-state index contributed by atoms with van der Waals surface area (Å²) < 4.78 is 19.4. The number of ether oxygens (including phenoxy) is 1. The van der Waals surface area contributed by atoms with E-state index >= 15 is 0 Å². The zero-order valence-corrected chi connectivity index (χ0v) is 11.8. The first-order valence-corrected chi connectivity index (χ1v) is 7.30. The molecule has 3 rings (SSSR count).